The van der Waals surface area contributed by atoms with Gasteiger partial charge in [0, 0.05) is 25.2 Å². The van der Waals surface area contributed by atoms with Crippen LogP contribution >= 0.6 is 0 Å². The Morgan fingerprint density at radius 1 is 1.37 bits per heavy atom. The standard InChI is InChI=1S/C15H24N2O2/c1-19-13-7-5-11(6-8-13)15(9-16)17-14-4-2-3-12(14)10-18/h5-8,12,14-15,17-18H,2-4,9-10,16H2,1H3. The molecule has 1 aromatic rings. The summed E-state index contributed by atoms with van der Waals surface area (Å²) in [6, 6.07) is 8.53. The zero-order chi connectivity index (χ0) is 13.7. The molecule has 0 radical (unpaired) electrons. The quantitative estimate of drug-likeness (QED) is 0.727. The van der Waals surface area contributed by atoms with E-state index in [-0.39, 0.29) is 12.6 Å². The van der Waals surface area contributed by atoms with E-state index in [0.29, 0.717) is 18.5 Å². The molecule has 4 nitrogen and oxygen atoms in total. The van der Waals surface area contributed by atoms with E-state index in [1.165, 1.54) is 12.0 Å². The van der Waals surface area contributed by atoms with Crippen LogP contribution in [0.3, 0.4) is 0 Å². The zero-order valence-corrected chi connectivity index (χ0v) is 11.5. The molecule has 2 rings (SSSR count). The summed E-state index contributed by atoms with van der Waals surface area (Å²) < 4.78 is 5.17. The number of nitrogens with two attached hydrogens (primary N) is 1. The average molecular weight is 264 g/mol. The normalized spacial score (nSPS) is 24.4. The van der Waals surface area contributed by atoms with E-state index in [1.54, 1.807) is 7.11 Å². The molecule has 0 saturated heterocycles. The van der Waals surface area contributed by atoms with Gasteiger partial charge in [0.1, 0.15) is 5.75 Å². The Kier molecular flexibility index (Phi) is 5.19. The smallest absolute Gasteiger partial charge is 0.118 e. The van der Waals surface area contributed by atoms with Crippen molar-refractivity contribution in [3.63, 3.8) is 0 Å². The second-order valence-electron chi connectivity index (χ2n) is 5.21. The van der Waals surface area contributed by atoms with Crippen LogP contribution in [-0.4, -0.2) is 31.4 Å². The fourth-order valence-corrected chi connectivity index (χ4v) is 2.87. The first-order chi connectivity index (χ1) is 9.28. The Labute approximate surface area is 115 Å². The molecule has 1 saturated carbocycles. The molecule has 1 aliphatic carbocycles. The van der Waals surface area contributed by atoms with Crippen molar-refractivity contribution in [2.24, 2.45) is 11.7 Å². The molecule has 4 heteroatoms. The highest BCUT2D eigenvalue weighted by Gasteiger charge is 2.28. The molecule has 1 aliphatic rings. The monoisotopic (exact) mass is 264 g/mol. The fourth-order valence-electron chi connectivity index (χ4n) is 2.87. The van der Waals surface area contributed by atoms with E-state index >= 15 is 0 Å². The average Bonchev–Trinajstić information content (AvgIpc) is 2.92. The van der Waals surface area contributed by atoms with Crippen LogP contribution in [0.2, 0.25) is 0 Å². The molecule has 0 aromatic heterocycles. The minimum atomic E-state index is 0.142. The third-order valence-electron chi connectivity index (χ3n) is 4.06. The Morgan fingerprint density at radius 3 is 2.68 bits per heavy atom. The first-order valence-corrected chi connectivity index (χ1v) is 6.99. The Morgan fingerprint density at radius 2 is 2.11 bits per heavy atom. The lowest BCUT2D eigenvalue weighted by molar-refractivity contribution is 0.200. The number of hydrogen-bond acceptors (Lipinski definition) is 4. The molecule has 1 fully saturated rings. The number of ether oxygens (including phenoxy) is 1. The highest BCUT2D eigenvalue weighted by atomic mass is 16.5. The van der Waals surface area contributed by atoms with Gasteiger partial charge in [-0.15, -0.1) is 0 Å². The highest BCUT2D eigenvalue weighted by Crippen LogP contribution is 2.27. The topological polar surface area (TPSA) is 67.5 Å². The first-order valence-electron chi connectivity index (χ1n) is 6.99. The molecule has 0 aliphatic heterocycles. The van der Waals surface area contributed by atoms with E-state index in [2.05, 4.69) is 5.32 Å². The number of nitrogens with one attached hydrogen (secondary N) is 1. The second-order valence-corrected chi connectivity index (χ2v) is 5.21. The van der Waals surface area contributed by atoms with Gasteiger partial charge in [-0.25, -0.2) is 0 Å². The van der Waals surface area contributed by atoms with E-state index in [0.717, 1.165) is 18.6 Å². The second kappa shape index (κ2) is 6.89. The lowest BCUT2D eigenvalue weighted by Gasteiger charge is -2.26. The molecule has 3 unspecified atom stereocenters. The van der Waals surface area contributed by atoms with Crippen LogP contribution in [0.4, 0.5) is 0 Å². The third-order valence-corrected chi connectivity index (χ3v) is 4.06. The van der Waals surface area contributed by atoms with Gasteiger partial charge in [0.05, 0.1) is 7.11 Å². The van der Waals surface area contributed by atoms with Crippen LogP contribution in [0, 0.1) is 5.92 Å². The van der Waals surface area contributed by atoms with E-state index in [9.17, 15) is 5.11 Å². The van der Waals surface area contributed by atoms with Gasteiger partial charge in [0.15, 0.2) is 0 Å². The first kappa shape index (κ1) is 14.3. The minimum absolute atomic E-state index is 0.142. The lowest BCUT2D eigenvalue weighted by Crippen LogP contribution is -2.39. The van der Waals surface area contributed by atoms with Crippen LogP contribution in [0.5, 0.6) is 5.75 Å². The number of methoxy groups -OCH3 is 1. The van der Waals surface area contributed by atoms with Gasteiger partial charge in [-0.05, 0) is 36.5 Å². The molecule has 4 N–H and O–H groups in total. The van der Waals surface area contributed by atoms with Gasteiger partial charge < -0.3 is 20.9 Å². The number of benzene rings is 1. The predicted octanol–water partition coefficient (Wildman–Crippen LogP) is 1.45. The van der Waals surface area contributed by atoms with Crippen LogP contribution in [0.1, 0.15) is 30.9 Å². The van der Waals surface area contributed by atoms with Crippen molar-refractivity contribution < 1.29 is 9.84 Å². The van der Waals surface area contributed by atoms with Crippen molar-refractivity contribution in [3.8, 4) is 5.75 Å². The van der Waals surface area contributed by atoms with Gasteiger partial charge in [-0.2, -0.15) is 0 Å². The van der Waals surface area contributed by atoms with Crippen molar-refractivity contribution in [3.05, 3.63) is 29.8 Å². The number of rotatable bonds is 6. The summed E-state index contributed by atoms with van der Waals surface area (Å²) in [7, 11) is 1.66. The van der Waals surface area contributed by atoms with Crippen LogP contribution in [0.15, 0.2) is 24.3 Å². The SMILES string of the molecule is COc1ccc(C(CN)NC2CCCC2CO)cc1. The maximum absolute atomic E-state index is 9.37. The van der Waals surface area contributed by atoms with Crippen molar-refractivity contribution in [1.29, 1.82) is 0 Å². The molecule has 3 atom stereocenters. The maximum atomic E-state index is 9.37. The molecule has 0 spiro atoms. The summed E-state index contributed by atoms with van der Waals surface area (Å²) in [6.07, 6.45) is 3.41. The van der Waals surface area contributed by atoms with Crippen molar-refractivity contribution >= 4 is 0 Å². The lowest BCUT2D eigenvalue weighted by atomic mass is 10.0. The van der Waals surface area contributed by atoms with Crippen molar-refractivity contribution in [1.82, 2.24) is 5.32 Å². The Balaban J connectivity index is 2.02. The minimum Gasteiger partial charge on any atom is -0.497 e. The summed E-state index contributed by atoms with van der Waals surface area (Å²) in [4.78, 5) is 0. The van der Waals surface area contributed by atoms with Crippen LogP contribution in [-0.2, 0) is 0 Å². The molecule has 106 valence electrons. The number of aliphatic hydroxyl groups is 1. The summed E-state index contributed by atoms with van der Waals surface area (Å²) in [5, 5.41) is 13.0. The van der Waals surface area contributed by atoms with Crippen molar-refractivity contribution in [2.45, 2.75) is 31.3 Å². The highest BCUT2D eigenvalue weighted by molar-refractivity contribution is 5.29. The molecule has 19 heavy (non-hydrogen) atoms. The molecule has 0 heterocycles. The van der Waals surface area contributed by atoms with Gasteiger partial charge in [-0.3, -0.25) is 0 Å². The fraction of sp³-hybridized carbons (Fsp3) is 0.600. The molecule has 0 amide bonds. The van der Waals surface area contributed by atoms with Gasteiger partial charge in [0.25, 0.3) is 0 Å². The Bertz CT molecular complexity index is 380. The summed E-state index contributed by atoms with van der Waals surface area (Å²) in [6.45, 7) is 0.818. The Hall–Kier alpha value is -1.10. The number of aliphatic hydroxyl groups excluding tert-OH is 1. The predicted molar refractivity (Wildman–Crippen MR) is 76.1 cm³/mol. The summed E-state index contributed by atoms with van der Waals surface area (Å²) >= 11 is 0. The van der Waals surface area contributed by atoms with E-state index < -0.39 is 0 Å². The van der Waals surface area contributed by atoms with Crippen LogP contribution < -0.4 is 15.8 Å². The molecular weight excluding hydrogens is 240 g/mol. The van der Waals surface area contributed by atoms with Gasteiger partial charge >= 0.3 is 0 Å². The van der Waals surface area contributed by atoms with E-state index in [4.69, 9.17) is 10.5 Å². The van der Waals surface area contributed by atoms with Crippen LogP contribution in [0.25, 0.3) is 0 Å². The van der Waals surface area contributed by atoms with E-state index in [1.807, 2.05) is 24.3 Å². The summed E-state index contributed by atoms with van der Waals surface area (Å²) in [5.41, 5.74) is 7.06. The third kappa shape index (κ3) is 3.47. The van der Waals surface area contributed by atoms with Crippen molar-refractivity contribution in [2.75, 3.05) is 20.3 Å². The maximum Gasteiger partial charge on any atom is 0.118 e. The largest absolute Gasteiger partial charge is 0.497 e. The summed E-state index contributed by atoms with van der Waals surface area (Å²) in [5.74, 6) is 1.22. The van der Waals surface area contributed by atoms with Gasteiger partial charge in [0.2, 0.25) is 0 Å². The zero-order valence-electron chi connectivity index (χ0n) is 11.5. The molecular formula is C15H24N2O2. The van der Waals surface area contributed by atoms with Gasteiger partial charge in [-0.1, -0.05) is 18.6 Å². The molecule has 0 bridgehead atoms. The number of hydrogen-bond donors (Lipinski definition) is 3. The molecule has 1 aromatic carbocycles.